The molecule has 1 N–H and O–H groups in total. The highest BCUT2D eigenvalue weighted by atomic mass is 16.4. The second-order valence-electron chi connectivity index (χ2n) is 4.57. The zero-order chi connectivity index (χ0) is 14.7. The van der Waals surface area contributed by atoms with Crippen molar-refractivity contribution in [2.24, 2.45) is 0 Å². The Bertz CT molecular complexity index is 692. The molecule has 1 heterocycles. The Labute approximate surface area is 115 Å². The fourth-order valence-corrected chi connectivity index (χ4v) is 1.82. The Morgan fingerprint density at radius 2 is 2.05 bits per heavy atom. The van der Waals surface area contributed by atoms with Crippen molar-refractivity contribution in [2.45, 2.75) is 6.54 Å². The lowest BCUT2D eigenvalue weighted by molar-refractivity contribution is 0.0695. The summed E-state index contributed by atoms with van der Waals surface area (Å²) in [5, 5.41) is 13.2. The summed E-state index contributed by atoms with van der Waals surface area (Å²) in [6.07, 6.45) is 1.57. The quantitative estimate of drug-likeness (QED) is 0.901. The highest BCUT2D eigenvalue weighted by Gasteiger charge is 2.10. The summed E-state index contributed by atoms with van der Waals surface area (Å²) in [4.78, 5) is 24.9. The molecule has 0 unspecified atom stereocenters. The first-order valence-electron chi connectivity index (χ1n) is 6.04. The number of aromatic carboxylic acids is 1. The van der Waals surface area contributed by atoms with Gasteiger partial charge in [-0.15, -0.1) is 0 Å². The number of anilines is 1. The maximum Gasteiger partial charge on any atom is 0.336 e. The summed E-state index contributed by atoms with van der Waals surface area (Å²) in [6.45, 7) is 0.134. The molecule has 104 valence electrons. The molecule has 6 heteroatoms. The van der Waals surface area contributed by atoms with Crippen molar-refractivity contribution in [3.8, 4) is 0 Å². The number of benzene rings is 1. The summed E-state index contributed by atoms with van der Waals surface area (Å²) in [6, 6.07) is 8.05. The van der Waals surface area contributed by atoms with E-state index in [0.29, 0.717) is 11.3 Å². The second kappa shape index (κ2) is 5.56. The van der Waals surface area contributed by atoms with Crippen LogP contribution in [0.3, 0.4) is 0 Å². The van der Waals surface area contributed by atoms with Crippen LogP contribution in [0.1, 0.15) is 15.9 Å². The van der Waals surface area contributed by atoms with Crippen LogP contribution in [0.2, 0.25) is 0 Å². The van der Waals surface area contributed by atoms with Gasteiger partial charge in [-0.3, -0.25) is 4.79 Å². The fourth-order valence-electron chi connectivity index (χ4n) is 1.82. The summed E-state index contributed by atoms with van der Waals surface area (Å²) in [5.41, 5.74) is 1.17. The molecule has 0 aliphatic heterocycles. The van der Waals surface area contributed by atoms with E-state index in [2.05, 4.69) is 5.10 Å². The number of hydrogen-bond acceptors (Lipinski definition) is 4. The Balaban J connectivity index is 2.36. The molecule has 0 saturated carbocycles. The summed E-state index contributed by atoms with van der Waals surface area (Å²) in [5.74, 6) is -1.02. The number of carbonyl (C=O) groups is 1. The molecule has 0 spiro atoms. The Hall–Kier alpha value is -2.63. The van der Waals surface area contributed by atoms with Gasteiger partial charge in [0, 0.05) is 20.2 Å². The first kappa shape index (κ1) is 13.8. The lowest BCUT2D eigenvalue weighted by Gasteiger charge is -2.13. The molecule has 0 aliphatic carbocycles. The molecule has 0 bridgehead atoms. The van der Waals surface area contributed by atoms with E-state index in [1.807, 2.05) is 14.1 Å². The molecule has 6 nitrogen and oxygen atoms in total. The van der Waals surface area contributed by atoms with Gasteiger partial charge in [-0.25, -0.2) is 9.48 Å². The van der Waals surface area contributed by atoms with Crippen LogP contribution in [0.4, 0.5) is 5.69 Å². The molecule has 0 radical (unpaired) electrons. The van der Waals surface area contributed by atoms with Crippen LogP contribution in [-0.2, 0) is 6.54 Å². The lowest BCUT2D eigenvalue weighted by atomic mass is 10.1. The summed E-state index contributed by atoms with van der Waals surface area (Å²) < 4.78 is 1.24. The van der Waals surface area contributed by atoms with Gasteiger partial charge in [-0.2, -0.15) is 5.10 Å². The first-order chi connectivity index (χ1) is 9.49. The summed E-state index contributed by atoms with van der Waals surface area (Å²) in [7, 11) is 3.64. The zero-order valence-corrected chi connectivity index (χ0v) is 11.3. The van der Waals surface area contributed by atoms with Crippen LogP contribution >= 0.6 is 0 Å². The predicted octanol–water partition coefficient (Wildman–Crippen LogP) is 1.06. The molecular formula is C14H15N3O3. The molecule has 20 heavy (non-hydrogen) atoms. The molecule has 2 aromatic rings. The molecule has 0 atom stereocenters. The van der Waals surface area contributed by atoms with E-state index in [4.69, 9.17) is 5.11 Å². The van der Waals surface area contributed by atoms with Gasteiger partial charge in [0.25, 0.3) is 5.56 Å². The van der Waals surface area contributed by atoms with Crippen molar-refractivity contribution in [3.05, 3.63) is 58.0 Å². The van der Waals surface area contributed by atoms with E-state index in [1.54, 1.807) is 29.3 Å². The van der Waals surface area contributed by atoms with Gasteiger partial charge in [0.05, 0.1) is 24.0 Å². The first-order valence-corrected chi connectivity index (χ1v) is 6.04. The van der Waals surface area contributed by atoms with E-state index >= 15 is 0 Å². The SMILES string of the molecule is CN(C)c1cnn(Cc2ccccc2C(=O)O)c(=O)c1. The van der Waals surface area contributed by atoms with Gasteiger partial charge >= 0.3 is 5.97 Å². The molecule has 0 fully saturated rings. The molecule has 0 aliphatic rings. The van der Waals surface area contributed by atoms with Crippen molar-refractivity contribution in [1.29, 1.82) is 0 Å². The third-order valence-electron chi connectivity index (χ3n) is 2.94. The van der Waals surface area contributed by atoms with E-state index in [-0.39, 0.29) is 17.7 Å². The van der Waals surface area contributed by atoms with Crippen LogP contribution in [-0.4, -0.2) is 35.0 Å². The van der Waals surface area contributed by atoms with Crippen molar-refractivity contribution >= 4 is 11.7 Å². The number of aromatic nitrogens is 2. The van der Waals surface area contributed by atoms with Crippen LogP contribution in [0.5, 0.6) is 0 Å². The number of carboxylic acid groups (broad SMARTS) is 1. The van der Waals surface area contributed by atoms with Crippen LogP contribution < -0.4 is 10.5 Å². The highest BCUT2D eigenvalue weighted by Crippen LogP contribution is 2.10. The minimum Gasteiger partial charge on any atom is -0.478 e. The third-order valence-corrected chi connectivity index (χ3v) is 2.94. The lowest BCUT2D eigenvalue weighted by Crippen LogP contribution is -2.25. The van der Waals surface area contributed by atoms with Crippen LogP contribution in [0, 0.1) is 0 Å². The molecule has 0 amide bonds. The van der Waals surface area contributed by atoms with E-state index in [9.17, 15) is 9.59 Å². The van der Waals surface area contributed by atoms with Crippen molar-refractivity contribution in [2.75, 3.05) is 19.0 Å². The molecular weight excluding hydrogens is 258 g/mol. The average molecular weight is 273 g/mol. The normalized spacial score (nSPS) is 10.3. The third kappa shape index (κ3) is 2.85. The largest absolute Gasteiger partial charge is 0.478 e. The number of carboxylic acids is 1. The van der Waals surface area contributed by atoms with Crippen LogP contribution in [0.25, 0.3) is 0 Å². The van der Waals surface area contributed by atoms with Gasteiger partial charge in [-0.05, 0) is 11.6 Å². The standard InChI is InChI=1S/C14H15N3O3/c1-16(2)11-7-13(18)17(15-8-11)9-10-5-3-4-6-12(10)14(19)20/h3-8H,9H2,1-2H3,(H,19,20). The van der Waals surface area contributed by atoms with Crippen molar-refractivity contribution < 1.29 is 9.90 Å². The molecule has 0 saturated heterocycles. The predicted molar refractivity (Wildman–Crippen MR) is 75.3 cm³/mol. The molecule has 1 aromatic carbocycles. The van der Waals surface area contributed by atoms with E-state index in [1.165, 1.54) is 16.8 Å². The van der Waals surface area contributed by atoms with E-state index in [0.717, 1.165) is 0 Å². The van der Waals surface area contributed by atoms with Crippen molar-refractivity contribution in [1.82, 2.24) is 9.78 Å². The number of nitrogens with zero attached hydrogens (tertiary/aromatic N) is 3. The maximum atomic E-state index is 12.0. The maximum absolute atomic E-state index is 12.0. The Morgan fingerprint density at radius 3 is 2.65 bits per heavy atom. The van der Waals surface area contributed by atoms with Gasteiger partial charge in [-0.1, -0.05) is 18.2 Å². The number of rotatable bonds is 4. The summed E-state index contributed by atoms with van der Waals surface area (Å²) >= 11 is 0. The minimum absolute atomic E-state index is 0.134. The zero-order valence-electron chi connectivity index (χ0n) is 11.3. The average Bonchev–Trinajstić information content (AvgIpc) is 2.41. The Kier molecular flexibility index (Phi) is 3.84. The monoisotopic (exact) mass is 273 g/mol. The van der Waals surface area contributed by atoms with Crippen molar-refractivity contribution in [3.63, 3.8) is 0 Å². The van der Waals surface area contributed by atoms with Gasteiger partial charge in [0.1, 0.15) is 0 Å². The Morgan fingerprint density at radius 1 is 1.35 bits per heavy atom. The fraction of sp³-hybridized carbons (Fsp3) is 0.214. The van der Waals surface area contributed by atoms with E-state index < -0.39 is 5.97 Å². The molecule has 2 rings (SSSR count). The van der Waals surface area contributed by atoms with Gasteiger partial charge < -0.3 is 10.0 Å². The topological polar surface area (TPSA) is 75.4 Å². The minimum atomic E-state index is -1.02. The van der Waals surface area contributed by atoms with Crippen LogP contribution in [0.15, 0.2) is 41.3 Å². The number of hydrogen-bond donors (Lipinski definition) is 1. The second-order valence-corrected chi connectivity index (χ2v) is 4.57. The smallest absolute Gasteiger partial charge is 0.336 e. The highest BCUT2D eigenvalue weighted by molar-refractivity contribution is 5.89. The van der Waals surface area contributed by atoms with Gasteiger partial charge in [0.15, 0.2) is 0 Å². The van der Waals surface area contributed by atoms with Gasteiger partial charge in [0.2, 0.25) is 0 Å². The molecule has 1 aromatic heterocycles.